The van der Waals surface area contributed by atoms with Gasteiger partial charge in [-0.1, -0.05) is 13.3 Å². The highest BCUT2D eigenvalue weighted by Gasteiger charge is 2.07. The van der Waals surface area contributed by atoms with Gasteiger partial charge in [0.15, 0.2) is 6.29 Å². The van der Waals surface area contributed by atoms with Crippen LogP contribution in [-0.2, 0) is 6.42 Å². The molecule has 1 aromatic rings. The number of nitrogens with zero attached hydrogens (tertiary/aromatic N) is 1. The quantitative estimate of drug-likeness (QED) is 0.661. The second-order valence-corrected chi connectivity index (χ2v) is 2.70. The van der Waals surface area contributed by atoms with E-state index in [0.717, 1.165) is 18.4 Å². The molecule has 0 aliphatic carbocycles. The summed E-state index contributed by atoms with van der Waals surface area (Å²) >= 11 is 0. The summed E-state index contributed by atoms with van der Waals surface area (Å²) in [6.45, 7) is 2.04. The Balaban J connectivity index is 2.92. The van der Waals surface area contributed by atoms with Crippen LogP contribution in [0.4, 0.5) is 0 Å². The minimum Gasteiger partial charge on any atom is -0.364 e. The molecule has 0 atom stereocenters. The van der Waals surface area contributed by atoms with Gasteiger partial charge in [-0.15, -0.1) is 0 Å². The number of aryl methyl sites for hydroxylation is 1. The average Bonchev–Trinajstić information content (AvgIpc) is 2.05. The van der Waals surface area contributed by atoms with Crippen LogP contribution in [0.25, 0.3) is 0 Å². The second kappa shape index (κ2) is 4.18. The van der Waals surface area contributed by atoms with Crippen molar-refractivity contribution in [3.63, 3.8) is 0 Å². The van der Waals surface area contributed by atoms with Crippen molar-refractivity contribution in [2.75, 3.05) is 0 Å². The normalized spacial score (nSPS) is 10.7. The van der Waals surface area contributed by atoms with E-state index in [0.29, 0.717) is 5.56 Å². The van der Waals surface area contributed by atoms with E-state index in [9.17, 15) is 0 Å². The van der Waals surface area contributed by atoms with Crippen molar-refractivity contribution < 1.29 is 10.2 Å². The van der Waals surface area contributed by atoms with E-state index in [4.69, 9.17) is 10.2 Å². The molecule has 0 bridgehead atoms. The van der Waals surface area contributed by atoms with Gasteiger partial charge in [-0.05, 0) is 18.1 Å². The van der Waals surface area contributed by atoms with Crippen LogP contribution in [0.5, 0.6) is 0 Å². The third-order valence-electron chi connectivity index (χ3n) is 1.74. The van der Waals surface area contributed by atoms with Crippen LogP contribution in [0.2, 0.25) is 0 Å². The molecule has 0 saturated carbocycles. The van der Waals surface area contributed by atoms with Crippen molar-refractivity contribution in [2.24, 2.45) is 0 Å². The highest BCUT2D eigenvalue weighted by atomic mass is 16.5. The van der Waals surface area contributed by atoms with Crippen molar-refractivity contribution >= 4 is 0 Å². The van der Waals surface area contributed by atoms with E-state index < -0.39 is 6.29 Å². The van der Waals surface area contributed by atoms with Gasteiger partial charge in [0.2, 0.25) is 0 Å². The Hall–Kier alpha value is -0.930. The SMILES string of the molecule is CCCc1cnccc1C(O)O. The van der Waals surface area contributed by atoms with Gasteiger partial charge in [-0.2, -0.15) is 0 Å². The molecule has 0 saturated heterocycles. The maximum absolute atomic E-state index is 8.96. The first kappa shape index (κ1) is 9.16. The molecular formula is C9H13NO2. The third-order valence-corrected chi connectivity index (χ3v) is 1.74. The van der Waals surface area contributed by atoms with Crippen LogP contribution in [0.15, 0.2) is 18.5 Å². The lowest BCUT2D eigenvalue weighted by atomic mass is 10.1. The highest BCUT2D eigenvalue weighted by Crippen LogP contribution is 2.15. The van der Waals surface area contributed by atoms with Gasteiger partial charge in [-0.25, -0.2) is 0 Å². The average molecular weight is 167 g/mol. The van der Waals surface area contributed by atoms with E-state index >= 15 is 0 Å². The van der Waals surface area contributed by atoms with Crippen LogP contribution in [0, 0.1) is 0 Å². The molecule has 0 fully saturated rings. The molecule has 1 heterocycles. The summed E-state index contributed by atoms with van der Waals surface area (Å²) in [4.78, 5) is 3.92. The lowest BCUT2D eigenvalue weighted by molar-refractivity contribution is -0.0431. The zero-order valence-corrected chi connectivity index (χ0v) is 7.07. The maximum Gasteiger partial charge on any atom is 0.178 e. The number of aliphatic hydroxyl groups is 2. The lowest BCUT2D eigenvalue weighted by Gasteiger charge is -2.08. The molecular weight excluding hydrogens is 154 g/mol. The van der Waals surface area contributed by atoms with Gasteiger partial charge >= 0.3 is 0 Å². The molecule has 66 valence electrons. The Labute approximate surface area is 71.7 Å². The van der Waals surface area contributed by atoms with Crippen molar-refractivity contribution in [1.82, 2.24) is 4.98 Å². The highest BCUT2D eigenvalue weighted by molar-refractivity contribution is 5.24. The summed E-state index contributed by atoms with van der Waals surface area (Å²) in [6, 6.07) is 1.63. The molecule has 3 nitrogen and oxygen atoms in total. The van der Waals surface area contributed by atoms with Crippen molar-refractivity contribution in [2.45, 2.75) is 26.1 Å². The summed E-state index contributed by atoms with van der Waals surface area (Å²) < 4.78 is 0. The molecule has 0 unspecified atom stereocenters. The summed E-state index contributed by atoms with van der Waals surface area (Å²) in [5, 5.41) is 17.9. The van der Waals surface area contributed by atoms with Crippen LogP contribution >= 0.6 is 0 Å². The second-order valence-electron chi connectivity index (χ2n) is 2.70. The fraction of sp³-hybridized carbons (Fsp3) is 0.444. The Bertz CT molecular complexity index is 248. The van der Waals surface area contributed by atoms with E-state index in [1.807, 2.05) is 6.92 Å². The molecule has 0 aliphatic heterocycles. The number of aliphatic hydroxyl groups excluding tert-OH is 1. The number of hydrogen-bond acceptors (Lipinski definition) is 3. The molecule has 0 radical (unpaired) electrons. The molecule has 12 heavy (non-hydrogen) atoms. The molecule has 0 amide bonds. The molecule has 1 rings (SSSR count). The van der Waals surface area contributed by atoms with Crippen LogP contribution < -0.4 is 0 Å². The molecule has 1 aromatic heterocycles. The van der Waals surface area contributed by atoms with Gasteiger partial charge in [-0.3, -0.25) is 4.98 Å². The Morgan fingerprint density at radius 1 is 1.50 bits per heavy atom. The van der Waals surface area contributed by atoms with Gasteiger partial charge < -0.3 is 10.2 Å². The zero-order chi connectivity index (χ0) is 8.97. The first-order valence-corrected chi connectivity index (χ1v) is 4.04. The number of pyridine rings is 1. The number of aromatic nitrogens is 1. The minimum absolute atomic E-state index is 0.562. The monoisotopic (exact) mass is 167 g/mol. The summed E-state index contributed by atoms with van der Waals surface area (Å²) in [7, 11) is 0. The Kier molecular flexibility index (Phi) is 3.19. The van der Waals surface area contributed by atoms with Crippen LogP contribution in [0.1, 0.15) is 30.8 Å². The number of hydrogen-bond donors (Lipinski definition) is 2. The molecule has 0 spiro atoms. The topological polar surface area (TPSA) is 53.4 Å². The van der Waals surface area contributed by atoms with Gasteiger partial charge in [0.05, 0.1) is 0 Å². The van der Waals surface area contributed by atoms with E-state index in [-0.39, 0.29) is 0 Å². The molecule has 3 heteroatoms. The predicted octanol–water partition coefficient (Wildman–Crippen LogP) is 1.02. The molecule has 2 N–H and O–H groups in total. The first-order valence-electron chi connectivity index (χ1n) is 4.04. The third kappa shape index (κ3) is 2.03. The fourth-order valence-electron chi connectivity index (χ4n) is 1.17. The summed E-state index contributed by atoms with van der Waals surface area (Å²) in [5.74, 6) is 0. The van der Waals surface area contributed by atoms with Crippen molar-refractivity contribution in [3.05, 3.63) is 29.6 Å². The lowest BCUT2D eigenvalue weighted by Crippen LogP contribution is -2.01. The number of rotatable bonds is 3. The standard InChI is InChI=1S/C9H13NO2/c1-2-3-7-6-10-5-4-8(7)9(11)12/h4-6,9,11-12H,2-3H2,1H3. The van der Waals surface area contributed by atoms with Gasteiger partial charge in [0, 0.05) is 18.0 Å². The largest absolute Gasteiger partial charge is 0.364 e. The minimum atomic E-state index is -1.38. The molecule has 0 aromatic carbocycles. The van der Waals surface area contributed by atoms with Crippen molar-refractivity contribution in [1.29, 1.82) is 0 Å². The smallest absolute Gasteiger partial charge is 0.178 e. The van der Waals surface area contributed by atoms with Crippen LogP contribution in [-0.4, -0.2) is 15.2 Å². The molecule has 0 aliphatic rings. The van der Waals surface area contributed by atoms with Crippen LogP contribution in [0.3, 0.4) is 0 Å². The Morgan fingerprint density at radius 3 is 2.83 bits per heavy atom. The Morgan fingerprint density at radius 2 is 2.25 bits per heavy atom. The first-order chi connectivity index (χ1) is 5.75. The van der Waals surface area contributed by atoms with Gasteiger partial charge in [0.25, 0.3) is 0 Å². The fourth-order valence-corrected chi connectivity index (χ4v) is 1.17. The maximum atomic E-state index is 8.96. The van der Waals surface area contributed by atoms with E-state index in [2.05, 4.69) is 4.98 Å². The van der Waals surface area contributed by atoms with Crippen molar-refractivity contribution in [3.8, 4) is 0 Å². The zero-order valence-electron chi connectivity index (χ0n) is 7.07. The van der Waals surface area contributed by atoms with E-state index in [1.54, 1.807) is 18.5 Å². The summed E-state index contributed by atoms with van der Waals surface area (Å²) in [5.41, 5.74) is 1.47. The summed E-state index contributed by atoms with van der Waals surface area (Å²) in [6.07, 6.45) is 3.67. The van der Waals surface area contributed by atoms with E-state index in [1.165, 1.54) is 0 Å². The predicted molar refractivity (Wildman–Crippen MR) is 45.4 cm³/mol. The van der Waals surface area contributed by atoms with Gasteiger partial charge in [0.1, 0.15) is 0 Å².